The Hall–Kier alpha value is -3.27. The molecule has 3 aromatic carbocycles. The molecule has 1 atom stereocenters. The maximum atomic E-state index is 13.7. The number of halogens is 2. The Balaban J connectivity index is 1.92. The van der Waals surface area contributed by atoms with Crippen molar-refractivity contribution in [2.24, 2.45) is 0 Å². The smallest absolute Gasteiger partial charge is 0.244 e. The molecule has 202 valence electrons. The van der Waals surface area contributed by atoms with Crippen LogP contribution >= 0.6 is 23.2 Å². The van der Waals surface area contributed by atoms with E-state index in [1.807, 2.05) is 18.2 Å². The zero-order valence-corrected chi connectivity index (χ0v) is 23.6. The summed E-state index contributed by atoms with van der Waals surface area (Å²) in [5.41, 5.74) is 0.727. The number of para-hydroxylation sites is 1. The fourth-order valence-corrected chi connectivity index (χ4v) is 5.23. The van der Waals surface area contributed by atoms with Crippen LogP contribution in [0.4, 0.5) is 5.69 Å². The first-order chi connectivity index (χ1) is 18.0. The zero-order valence-electron chi connectivity index (χ0n) is 21.2. The molecule has 0 spiro atoms. The molecule has 0 aromatic heterocycles. The second kappa shape index (κ2) is 13.0. The first-order valence-electron chi connectivity index (χ1n) is 11.8. The van der Waals surface area contributed by atoms with E-state index in [4.69, 9.17) is 27.9 Å². The fourth-order valence-electron chi connectivity index (χ4n) is 3.86. The summed E-state index contributed by atoms with van der Waals surface area (Å²) in [4.78, 5) is 27.6. The summed E-state index contributed by atoms with van der Waals surface area (Å²) in [7, 11) is -2.40. The van der Waals surface area contributed by atoms with E-state index in [1.54, 1.807) is 61.5 Å². The minimum absolute atomic E-state index is 0.0786. The molecule has 38 heavy (non-hydrogen) atoms. The van der Waals surface area contributed by atoms with Crippen LogP contribution in [0, 0.1) is 0 Å². The number of rotatable bonds is 11. The highest BCUT2D eigenvalue weighted by Crippen LogP contribution is 2.29. The first kappa shape index (κ1) is 29.3. The topological polar surface area (TPSA) is 96.0 Å². The van der Waals surface area contributed by atoms with E-state index in [2.05, 4.69) is 5.32 Å². The third-order valence-electron chi connectivity index (χ3n) is 5.81. The van der Waals surface area contributed by atoms with Crippen LogP contribution < -0.4 is 14.4 Å². The number of amides is 2. The van der Waals surface area contributed by atoms with Gasteiger partial charge in [0, 0.05) is 29.2 Å². The van der Waals surface area contributed by atoms with E-state index in [0.29, 0.717) is 27.1 Å². The number of nitrogens with zero attached hydrogens (tertiary/aromatic N) is 2. The number of sulfonamides is 1. The lowest BCUT2D eigenvalue weighted by atomic mass is 10.1. The molecule has 3 aromatic rings. The Kier molecular flexibility index (Phi) is 10.0. The minimum atomic E-state index is -3.87. The van der Waals surface area contributed by atoms with Crippen molar-refractivity contribution >= 4 is 50.7 Å². The van der Waals surface area contributed by atoms with Crippen LogP contribution in [0.15, 0.2) is 72.8 Å². The van der Waals surface area contributed by atoms with Gasteiger partial charge in [-0.05, 0) is 55.0 Å². The summed E-state index contributed by atoms with van der Waals surface area (Å²) in [5, 5.41) is 3.22. The third kappa shape index (κ3) is 7.40. The molecule has 0 fully saturated rings. The predicted octanol–water partition coefficient (Wildman–Crippen LogP) is 5.11. The Morgan fingerprint density at radius 1 is 0.921 bits per heavy atom. The average Bonchev–Trinajstić information content (AvgIpc) is 2.89. The van der Waals surface area contributed by atoms with E-state index in [9.17, 15) is 18.0 Å². The lowest BCUT2D eigenvalue weighted by Crippen LogP contribution is -2.51. The van der Waals surface area contributed by atoms with E-state index in [1.165, 1.54) is 11.9 Å². The van der Waals surface area contributed by atoms with Crippen molar-refractivity contribution in [2.45, 2.75) is 25.9 Å². The molecule has 0 aliphatic heterocycles. The van der Waals surface area contributed by atoms with Crippen molar-refractivity contribution in [1.82, 2.24) is 10.2 Å². The monoisotopic (exact) mass is 577 g/mol. The maximum absolute atomic E-state index is 13.7. The van der Waals surface area contributed by atoms with Crippen LogP contribution in [-0.2, 0) is 26.2 Å². The number of hydrogen-bond donors (Lipinski definition) is 1. The van der Waals surface area contributed by atoms with E-state index >= 15 is 0 Å². The van der Waals surface area contributed by atoms with Gasteiger partial charge in [0.15, 0.2) is 0 Å². The highest BCUT2D eigenvalue weighted by atomic mass is 35.5. The molecule has 2 amide bonds. The molecule has 8 nitrogen and oxygen atoms in total. The van der Waals surface area contributed by atoms with Gasteiger partial charge in [0.05, 0.1) is 11.9 Å². The summed E-state index contributed by atoms with van der Waals surface area (Å²) in [6, 6.07) is 19.5. The Labute approximate surface area is 233 Å². The number of ether oxygens (including phenoxy) is 1. The third-order valence-corrected chi connectivity index (χ3v) is 7.65. The molecule has 0 heterocycles. The number of carbonyl (C=O) groups is 2. The predicted molar refractivity (Wildman–Crippen MR) is 150 cm³/mol. The van der Waals surface area contributed by atoms with Crippen molar-refractivity contribution in [3.63, 3.8) is 0 Å². The van der Waals surface area contributed by atoms with Crippen LogP contribution in [0.25, 0.3) is 0 Å². The lowest BCUT2D eigenvalue weighted by Gasteiger charge is -2.33. The van der Waals surface area contributed by atoms with Gasteiger partial charge in [-0.2, -0.15) is 0 Å². The maximum Gasteiger partial charge on any atom is 0.244 e. The van der Waals surface area contributed by atoms with Crippen molar-refractivity contribution in [2.75, 3.05) is 24.2 Å². The molecule has 3 rings (SSSR count). The van der Waals surface area contributed by atoms with E-state index in [0.717, 1.165) is 10.6 Å². The molecule has 0 saturated heterocycles. The summed E-state index contributed by atoms with van der Waals surface area (Å²) in [5.74, 6) is 0.147. The number of likely N-dealkylation sites (N-methyl/N-ethyl adjacent to an activating group) is 1. The van der Waals surface area contributed by atoms with Gasteiger partial charge in [0.2, 0.25) is 21.8 Å². The molecule has 0 aliphatic rings. The molecule has 0 aliphatic carbocycles. The normalized spacial score (nSPS) is 11.9. The molecule has 0 radical (unpaired) electrons. The van der Waals surface area contributed by atoms with Crippen LogP contribution in [0.1, 0.15) is 18.9 Å². The summed E-state index contributed by atoms with van der Waals surface area (Å²) >= 11 is 12.7. The number of nitrogens with one attached hydrogen (secondary N) is 1. The van der Waals surface area contributed by atoms with Gasteiger partial charge in [-0.25, -0.2) is 8.42 Å². The highest BCUT2D eigenvalue weighted by Gasteiger charge is 2.32. The second-order valence-electron chi connectivity index (χ2n) is 8.44. The van der Waals surface area contributed by atoms with Gasteiger partial charge in [-0.15, -0.1) is 0 Å². The summed E-state index contributed by atoms with van der Waals surface area (Å²) < 4.78 is 32.3. The van der Waals surface area contributed by atoms with Crippen LogP contribution in [0.5, 0.6) is 11.5 Å². The van der Waals surface area contributed by atoms with Gasteiger partial charge in [0.25, 0.3) is 0 Å². The van der Waals surface area contributed by atoms with Crippen LogP contribution in [-0.4, -0.2) is 51.0 Å². The molecule has 11 heteroatoms. The number of benzene rings is 3. The lowest BCUT2D eigenvalue weighted by molar-refractivity contribution is -0.140. The number of carbonyl (C=O) groups excluding carboxylic acids is 2. The number of anilines is 1. The zero-order chi connectivity index (χ0) is 27.9. The van der Waals surface area contributed by atoms with Gasteiger partial charge < -0.3 is 15.0 Å². The highest BCUT2D eigenvalue weighted by molar-refractivity contribution is 7.92. The number of hydrogen-bond acceptors (Lipinski definition) is 5. The van der Waals surface area contributed by atoms with Gasteiger partial charge >= 0.3 is 0 Å². The fraction of sp³-hybridized carbons (Fsp3) is 0.259. The summed E-state index contributed by atoms with van der Waals surface area (Å²) in [6.07, 6.45) is 1.30. The van der Waals surface area contributed by atoms with Crippen molar-refractivity contribution in [3.05, 3.63) is 88.4 Å². The van der Waals surface area contributed by atoms with Gasteiger partial charge in [0.1, 0.15) is 24.1 Å². The van der Waals surface area contributed by atoms with Gasteiger partial charge in [-0.1, -0.05) is 54.4 Å². The Morgan fingerprint density at radius 3 is 2.03 bits per heavy atom. The quantitative estimate of drug-likeness (QED) is 0.342. The molecular formula is C27H29Cl2N3O5S. The van der Waals surface area contributed by atoms with E-state index in [-0.39, 0.29) is 18.7 Å². The minimum Gasteiger partial charge on any atom is -0.457 e. The molecule has 0 saturated carbocycles. The summed E-state index contributed by atoms with van der Waals surface area (Å²) in [6.45, 7) is 1.15. The first-order valence-corrected chi connectivity index (χ1v) is 14.4. The SMILES string of the molecule is CCC(C(=O)NC)N(Cc1c(Cl)cccc1Cl)C(=O)CN(c1ccc(Oc2ccccc2)cc1)S(C)(=O)=O. The van der Waals surface area contributed by atoms with Crippen molar-refractivity contribution in [3.8, 4) is 11.5 Å². The van der Waals surface area contributed by atoms with Crippen LogP contribution in [0.2, 0.25) is 10.0 Å². The second-order valence-corrected chi connectivity index (χ2v) is 11.2. The van der Waals surface area contributed by atoms with Crippen molar-refractivity contribution < 1.29 is 22.7 Å². The largest absolute Gasteiger partial charge is 0.457 e. The standard InChI is InChI=1S/C27H29Cl2N3O5S/c1-4-25(27(34)30-2)31(17-22-23(28)11-8-12-24(22)29)26(33)18-32(38(3,35)36)19-13-15-21(16-14-19)37-20-9-6-5-7-10-20/h5-16,25H,4,17-18H2,1-3H3,(H,30,34). The molecule has 1 unspecified atom stereocenters. The molecule has 1 N–H and O–H groups in total. The average molecular weight is 579 g/mol. The molecular weight excluding hydrogens is 549 g/mol. The Morgan fingerprint density at radius 2 is 1.50 bits per heavy atom. The van der Waals surface area contributed by atoms with Crippen LogP contribution in [0.3, 0.4) is 0 Å². The van der Waals surface area contributed by atoms with E-state index < -0.39 is 34.4 Å². The van der Waals surface area contributed by atoms with Gasteiger partial charge in [-0.3, -0.25) is 13.9 Å². The van der Waals surface area contributed by atoms with Crippen molar-refractivity contribution in [1.29, 1.82) is 0 Å². The Bertz CT molecular complexity index is 1350. The molecule has 0 bridgehead atoms.